The SMILES string of the molecule is O=C(CN1C(=O)c2ccccc2C1=O)NCC1CCN(c2ccccc2)C1. The molecular formula is C21H21N3O3. The van der Waals surface area contributed by atoms with Crippen LogP contribution >= 0.6 is 0 Å². The smallest absolute Gasteiger partial charge is 0.262 e. The van der Waals surface area contributed by atoms with Crippen LogP contribution in [0.1, 0.15) is 27.1 Å². The zero-order chi connectivity index (χ0) is 18.8. The summed E-state index contributed by atoms with van der Waals surface area (Å²) >= 11 is 0. The Hall–Kier alpha value is -3.15. The highest BCUT2D eigenvalue weighted by atomic mass is 16.2. The molecule has 2 aromatic carbocycles. The minimum Gasteiger partial charge on any atom is -0.371 e. The van der Waals surface area contributed by atoms with Gasteiger partial charge in [0.05, 0.1) is 11.1 Å². The molecule has 1 atom stereocenters. The summed E-state index contributed by atoms with van der Waals surface area (Å²) in [6.07, 6.45) is 1.00. The molecule has 6 heteroatoms. The lowest BCUT2D eigenvalue weighted by Gasteiger charge is -2.19. The standard InChI is InChI=1S/C21H21N3O3/c25-19(14-24-20(26)17-8-4-5-9-18(17)21(24)27)22-12-15-10-11-23(13-15)16-6-2-1-3-7-16/h1-9,15H,10-14H2,(H,22,25). The third-order valence-corrected chi connectivity index (χ3v) is 5.18. The van der Waals surface area contributed by atoms with Crippen LogP contribution in [0, 0.1) is 5.92 Å². The molecular weight excluding hydrogens is 342 g/mol. The molecule has 1 fully saturated rings. The number of hydrogen-bond acceptors (Lipinski definition) is 4. The number of nitrogens with zero attached hydrogens (tertiary/aromatic N) is 2. The van der Waals surface area contributed by atoms with E-state index in [2.05, 4.69) is 22.3 Å². The molecule has 0 radical (unpaired) electrons. The molecule has 6 nitrogen and oxygen atoms in total. The molecule has 0 aliphatic carbocycles. The first kappa shape index (κ1) is 17.3. The Morgan fingerprint density at radius 2 is 1.59 bits per heavy atom. The van der Waals surface area contributed by atoms with Gasteiger partial charge in [0.25, 0.3) is 11.8 Å². The molecule has 2 aliphatic rings. The van der Waals surface area contributed by atoms with Crippen LogP contribution < -0.4 is 10.2 Å². The molecule has 4 rings (SSSR count). The third kappa shape index (κ3) is 3.43. The van der Waals surface area contributed by atoms with Crippen LogP contribution in [-0.4, -0.2) is 48.8 Å². The van der Waals surface area contributed by atoms with E-state index in [9.17, 15) is 14.4 Å². The predicted octanol–water partition coefficient (Wildman–Crippen LogP) is 1.93. The van der Waals surface area contributed by atoms with Crippen LogP contribution in [0.15, 0.2) is 54.6 Å². The summed E-state index contributed by atoms with van der Waals surface area (Å²) in [4.78, 5) is 40.2. The first-order valence-electron chi connectivity index (χ1n) is 9.15. The van der Waals surface area contributed by atoms with Crippen LogP contribution in [0.5, 0.6) is 0 Å². The highest BCUT2D eigenvalue weighted by molar-refractivity contribution is 6.22. The minimum absolute atomic E-state index is 0.235. The fourth-order valence-electron chi connectivity index (χ4n) is 3.71. The second-order valence-corrected chi connectivity index (χ2v) is 6.98. The number of amides is 3. The molecule has 3 amide bonds. The van der Waals surface area contributed by atoms with Gasteiger partial charge in [-0.15, -0.1) is 0 Å². The van der Waals surface area contributed by atoms with E-state index in [1.807, 2.05) is 18.2 Å². The van der Waals surface area contributed by atoms with Gasteiger partial charge in [0.15, 0.2) is 0 Å². The van der Waals surface area contributed by atoms with Crippen LogP contribution in [0.2, 0.25) is 0 Å². The molecule has 0 saturated carbocycles. The van der Waals surface area contributed by atoms with Crippen molar-refractivity contribution in [1.82, 2.24) is 10.2 Å². The molecule has 138 valence electrons. The number of rotatable bonds is 5. The minimum atomic E-state index is -0.401. The molecule has 2 aromatic rings. The molecule has 2 aliphatic heterocycles. The average Bonchev–Trinajstić information content (AvgIpc) is 3.27. The molecule has 1 unspecified atom stereocenters. The monoisotopic (exact) mass is 363 g/mol. The van der Waals surface area contributed by atoms with Gasteiger partial charge in [-0.25, -0.2) is 0 Å². The van der Waals surface area contributed by atoms with Crippen molar-refractivity contribution < 1.29 is 14.4 Å². The molecule has 1 saturated heterocycles. The normalized spacial score (nSPS) is 18.7. The second kappa shape index (κ2) is 7.23. The van der Waals surface area contributed by atoms with Crippen molar-refractivity contribution in [3.05, 3.63) is 65.7 Å². The number of hydrogen-bond donors (Lipinski definition) is 1. The number of carbonyl (C=O) groups excluding carboxylic acids is 3. The number of imide groups is 1. The first-order chi connectivity index (χ1) is 13.1. The second-order valence-electron chi connectivity index (χ2n) is 6.98. The number of benzene rings is 2. The van der Waals surface area contributed by atoms with Crippen molar-refractivity contribution in [1.29, 1.82) is 0 Å². The van der Waals surface area contributed by atoms with E-state index in [-0.39, 0.29) is 12.5 Å². The zero-order valence-electron chi connectivity index (χ0n) is 14.9. The topological polar surface area (TPSA) is 69.7 Å². The van der Waals surface area contributed by atoms with E-state index in [1.54, 1.807) is 24.3 Å². The summed E-state index contributed by atoms with van der Waals surface area (Å²) in [6, 6.07) is 16.9. The van der Waals surface area contributed by atoms with Gasteiger partial charge in [0.1, 0.15) is 6.54 Å². The van der Waals surface area contributed by atoms with E-state index in [0.717, 1.165) is 24.4 Å². The van der Waals surface area contributed by atoms with Gasteiger partial charge in [0, 0.05) is 25.3 Å². The van der Waals surface area contributed by atoms with Crippen molar-refractivity contribution in [2.45, 2.75) is 6.42 Å². The van der Waals surface area contributed by atoms with Gasteiger partial charge < -0.3 is 10.2 Å². The number of carbonyl (C=O) groups is 3. The number of nitrogens with one attached hydrogen (secondary N) is 1. The van der Waals surface area contributed by atoms with E-state index >= 15 is 0 Å². The Kier molecular flexibility index (Phi) is 4.62. The Morgan fingerprint density at radius 1 is 0.963 bits per heavy atom. The van der Waals surface area contributed by atoms with Crippen molar-refractivity contribution in [3.8, 4) is 0 Å². The number of para-hydroxylation sites is 1. The Bertz CT molecular complexity index is 846. The fourth-order valence-corrected chi connectivity index (χ4v) is 3.71. The van der Waals surface area contributed by atoms with Gasteiger partial charge in [-0.3, -0.25) is 19.3 Å². The summed E-state index contributed by atoms with van der Waals surface area (Å²) in [5.41, 5.74) is 1.92. The fraction of sp³-hybridized carbons (Fsp3) is 0.286. The van der Waals surface area contributed by atoms with E-state index in [1.165, 1.54) is 5.69 Å². The highest BCUT2D eigenvalue weighted by Crippen LogP contribution is 2.24. The number of fused-ring (bicyclic) bond motifs is 1. The molecule has 27 heavy (non-hydrogen) atoms. The maximum atomic E-state index is 12.3. The van der Waals surface area contributed by atoms with Crippen molar-refractivity contribution in [3.63, 3.8) is 0 Å². The Morgan fingerprint density at radius 3 is 2.26 bits per heavy atom. The zero-order valence-corrected chi connectivity index (χ0v) is 14.9. The largest absolute Gasteiger partial charge is 0.371 e. The van der Waals surface area contributed by atoms with E-state index in [0.29, 0.717) is 23.6 Å². The van der Waals surface area contributed by atoms with Crippen molar-refractivity contribution in [2.75, 3.05) is 31.1 Å². The predicted molar refractivity (Wildman–Crippen MR) is 102 cm³/mol. The molecule has 0 spiro atoms. The van der Waals surface area contributed by atoms with Crippen molar-refractivity contribution >= 4 is 23.4 Å². The van der Waals surface area contributed by atoms with Crippen molar-refractivity contribution in [2.24, 2.45) is 5.92 Å². The lowest BCUT2D eigenvalue weighted by molar-refractivity contribution is -0.121. The maximum absolute atomic E-state index is 12.3. The molecule has 2 heterocycles. The summed E-state index contributed by atoms with van der Waals surface area (Å²) in [5, 5.41) is 2.88. The Balaban J connectivity index is 1.29. The third-order valence-electron chi connectivity index (χ3n) is 5.18. The van der Waals surface area contributed by atoms with Gasteiger partial charge in [0.2, 0.25) is 5.91 Å². The summed E-state index contributed by atoms with van der Waals surface area (Å²) < 4.78 is 0. The molecule has 0 aromatic heterocycles. The van der Waals surface area contributed by atoms with Crippen LogP contribution in [-0.2, 0) is 4.79 Å². The van der Waals surface area contributed by atoms with Gasteiger partial charge >= 0.3 is 0 Å². The van der Waals surface area contributed by atoms with Crippen LogP contribution in [0.4, 0.5) is 5.69 Å². The maximum Gasteiger partial charge on any atom is 0.262 e. The summed E-state index contributed by atoms with van der Waals surface area (Å²) in [7, 11) is 0. The van der Waals surface area contributed by atoms with Crippen LogP contribution in [0.3, 0.4) is 0 Å². The van der Waals surface area contributed by atoms with E-state index < -0.39 is 11.8 Å². The first-order valence-corrected chi connectivity index (χ1v) is 9.15. The van der Waals surface area contributed by atoms with Gasteiger partial charge in [-0.1, -0.05) is 30.3 Å². The summed E-state index contributed by atoms with van der Waals surface area (Å²) in [5.74, 6) is -0.747. The Labute approximate surface area is 157 Å². The van der Waals surface area contributed by atoms with Crippen LogP contribution in [0.25, 0.3) is 0 Å². The summed E-state index contributed by atoms with van der Waals surface area (Å²) in [6.45, 7) is 2.16. The van der Waals surface area contributed by atoms with E-state index in [4.69, 9.17) is 0 Å². The number of anilines is 1. The highest BCUT2D eigenvalue weighted by Gasteiger charge is 2.36. The van der Waals surface area contributed by atoms with Gasteiger partial charge in [-0.05, 0) is 36.6 Å². The lowest BCUT2D eigenvalue weighted by Crippen LogP contribution is -2.42. The molecule has 1 N–H and O–H groups in total. The molecule has 0 bridgehead atoms. The average molecular weight is 363 g/mol. The lowest BCUT2D eigenvalue weighted by atomic mass is 10.1. The quantitative estimate of drug-likeness (QED) is 0.824. The van der Waals surface area contributed by atoms with Gasteiger partial charge in [-0.2, -0.15) is 0 Å².